The second kappa shape index (κ2) is 3.09. The highest BCUT2D eigenvalue weighted by atomic mass is 16.1. The summed E-state index contributed by atoms with van der Waals surface area (Å²) >= 11 is 0. The molecule has 0 bridgehead atoms. The molecule has 1 rings (SSSR count). The van der Waals surface area contributed by atoms with Crippen molar-refractivity contribution in [3.8, 4) is 0 Å². The number of aromatic nitrogens is 2. The molecule has 0 aliphatic carbocycles. The largest absolute Gasteiger partial charge is 0.268 e. The Bertz CT molecular complexity index is 314. The van der Waals surface area contributed by atoms with Crippen molar-refractivity contribution in [3.05, 3.63) is 28.2 Å². The van der Waals surface area contributed by atoms with Crippen LogP contribution in [-0.4, -0.2) is 10.2 Å². The number of hydrogen-bond acceptors (Lipinski definition) is 2. The summed E-state index contributed by atoms with van der Waals surface area (Å²) in [7, 11) is 0. The van der Waals surface area contributed by atoms with Crippen LogP contribution in [0.1, 0.15) is 32.8 Å². The van der Waals surface area contributed by atoms with Crippen LogP contribution in [0, 0.1) is 0 Å². The molecular weight excluding hydrogens is 152 g/mol. The van der Waals surface area contributed by atoms with E-state index in [1.165, 1.54) is 0 Å². The predicted octanol–water partition coefficient (Wildman–Crippen LogP) is 1.46. The zero-order chi connectivity index (χ0) is 9.19. The normalized spacial score (nSPS) is 11.6. The van der Waals surface area contributed by atoms with Crippen molar-refractivity contribution < 1.29 is 0 Å². The van der Waals surface area contributed by atoms with Crippen molar-refractivity contribution in [2.45, 2.75) is 32.6 Å². The van der Waals surface area contributed by atoms with Crippen LogP contribution in [0.4, 0.5) is 0 Å². The maximum Gasteiger partial charge on any atom is 0.264 e. The topological polar surface area (TPSA) is 45.8 Å². The highest BCUT2D eigenvalue weighted by Gasteiger charge is 2.18. The van der Waals surface area contributed by atoms with Crippen molar-refractivity contribution >= 4 is 0 Å². The van der Waals surface area contributed by atoms with Crippen LogP contribution in [-0.2, 0) is 5.41 Å². The Morgan fingerprint density at radius 3 is 2.75 bits per heavy atom. The number of hydrogen-bond donors (Lipinski definition) is 1. The zero-order valence-corrected chi connectivity index (χ0v) is 7.72. The quantitative estimate of drug-likeness (QED) is 0.722. The molecule has 0 saturated carbocycles. The third-order valence-electron chi connectivity index (χ3n) is 2.33. The van der Waals surface area contributed by atoms with E-state index in [2.05, 4.69) is 31.0 Å². The van der Waals surface area contributed by atoms with E-state index in [0.29, 0.717) is 0 Å². The molecule has 0 aliphatic rings. The maximum atomic E-state index is 10.9. The van der Waals surface area contributed by atoms with E-state index in [4.69, 9.17) is 0 Å². The van der Waals surface area contributed by atoms with Gasteiger partial charge in [0.1, 0.15) is 0 Å². The molecule has 3 nitrogen and oxygen atoms in total. The molecule has 0 radical (unpaired) electrons. The molecule has 0 atom stereocenters. The molecular formula is C9H14N2O. The van der Waals surface area contributed by atoms with Gasteiger partial charge in [-0.15, -0.1) is 0 Å². The standard InChI is InChI=1S/C9H14N2O/c1-4-9(2,3)7-5-8(12)11-10-6-7/h5-6H,4H2,1-3H3,(H,11,12). The van der Waals surface area contributed by atoms with Crippen molar-refractivity contribution in [2.75, 3.05) is 0 Å². The predicted molar refractivity (Wildman–Crippen MR) is 48.2 cm³/mol. The molecule has 0 unspecified atom stereocenters. The van der Waals surface area contributed by atoms with Crippen LogP contribution in [0.5, 0.6) is 0 Å². The molecule has 0 amide bonds. The fraction of sp³-hybridized carbons (Fsp3) is 0.556. The number of aromatic amines is 1. The van der Waals surface area contributed by atoms with Gasteiger partial charge in [-0.2, -0.15) is 5.10 Å². The Hall–Kier alpha value is -1.12. The minimum absolute atomic E-state index is 0.0429. The molecule has 12 heavy (non-hydrogen) atoms. The monoisotopic (exact) mass is 166 g/mol. The Morgan fingerprint density at radius 2 is 2.25 bits per heavy atom. The fourth-order valence-electron chi connectivity index (χ4n) is 0.950. The first-order valence-corrected chi connectivity index (χ1v) is 4.11. The van der Waals surface area contributed by atoms with E-state index in [0.717, 1.165) is 12.0 Å². The van der Waals surface area contributed by atoms with Crippen molar-refractivity contribution in [1.29, 1.82) is 0 Å². The number of H-pyrrole nitrogens is 1. The van der Waals surface area contributed by atoms with Crippen LogP contribution in [0.25, 0.3) is 0 Å². The average Bonchev–Trinajstić information content (AvgIpc) is 2.05. The number of nitrogens with one attached hydrogen (secondary N) is 1. The SMILES string of the molecule is CCC(C)(C)c1cn[nH]c(=O)c1. The maximum absolute atomic E-state index is 10.9. The molecule has 0 spiro atoms. The van der Waals surface area contributed by atoms with Crippen molar-refractivity contribution in [3.63, 3.8) is 0 Å². The lowest BCUT2D eigenvalue weighted by Gasteiger charge is -2.21. The van der Waals surface area contributed by atoms with Crippen molar-refractivity contribution in [1.82, 2.24) is 10.2 Å². The highest BCUT2D eigenvalue weighted by Crippen LogP contribution is 2.24. The lowest BCUT2D eigenvalue weighted by molar-refractivity contribution is 0.502. The Morgan fingerprint density at radius 1 is 1.58 bits per heavy atom. The van der Waals surface area contributed by atoms with Gasteiger partial charge in [0.15, 0.2) is 0 Å². The van der Waals surface area contributed by atoms with Gasteiger partial charge in [-0.05, 0) is 17.4 Å². The molecule has 0 fully saturated rings. The van der Waals surface area contributed by atoms with E-state index in [-0.39, 0.29) is 11.0 Å². The first kappa shape index (κ1) is 8.97. The van der Waals surface area contributed by atoms with Gasteiger partial charge in [-0.25, -0.2) is 5.10 Å². The average molecular weight is 166 g/mol. The molecule has 66 valence electrons. The molecule has 0 aliphatic heterocycles. The molecule has 1 aromatic heterocycles. The summed E-state index contributed by atoms with van der Waals surface area (Å²) in [4.78, 5) is 10.9. The number of nitrogens with zero attached hydrogens (tertiary/aromatic N) is 1. The fourth-order valence-corrected chi connectivity index (χ4v) is 0.950. The lowest BCUT2D eigenvalue weighted by Crippen LogP contribution is -2.19. The molecule has 0 saturated heterocycles. The van der Waals surface area contributed by atoms with Gasteiger partial charge < -0.3 is 0 Å². The summed E-state index contributed by atoms with van der Waals surface area (Å²) in [5.74, 6) is 0. The van der Waals surface area contributed by atoms with E-state index in [1.54, 1.807) is 12.3 Å². The van der Waals surface area contributed by atoms with E-state index >= 15 is 0 Å². The van der Waals surface area contributed by atoms with Gasteiger partial charge >= 0.3 is 0 Å². The third-order valence-corrected chi connectivity index (χ3v) is 2.33. The second-order valence-electron chi connectivity index (χ2n) is 3.57. The first-order chi connectivity index (χ1) is 5.56. The van der Waals surface area contributed by atoms with Gasteiger partial charge in [0.05, 0.1) is 6.20 Å². The summed E-state index contributed by atoms with van der Waals surface area (Å²) < 4.78 is 0. The summed E-state index contributed by atoms with van der Waals surface area (Å²) in [5.41, 5.74) is 0.907. The van der Waals surface area contributed by atoms with Gasteiger partial charge in [-0.3, -0.25) is 4.79 Å². The van der Waals surface area contributed by atoms with Crippen molar-refractivity contribution in [2.24, 2.45) is 0 Å². The van der Waals surface area contributed by atoms with E-state index in [9.17, 15) is 4.79 Å². The van der Waals surface area contributed by atoms with E-state index in [1.807, 2.05) is 0 Å². The summed E-state index contributed by atoms with van der Waals surface area (Å²) in [6.07, 6.45) is 2.71. The van der Waals surface area contributed by atoms with Crippen LogP contribution < -0.4 is 5.56 Å². The summed E-state index contributed by atoms with van der Waals surface area (Å²) in [6.45, 7) is 6.30. The lowest BCUT2D eigenvalue weighted by atomic mass is 9.83. The minimum atomic E-state index is -0.131. The summed E-state index contributed by atoms with van der Waals surface area (Å²) in [6, 6.07) is 1.61. The highest BCUT2D eigenvalue weighted by molar-refractivity contribution is 5.17. The third kappa shape index (κ3) is 1.72. The summed E-state index contributed by atoms with van der Waals surface area (Å²) in [5, 5.41) is 6.12. The Kier molecular flexibility index (Phi) is 2.31. The minimum Gasteiger partial charge on any atom is -0.268 e. The van der Waals surface area contributed by atoms with Crippen LogP contribution in [0.15, 0.2) is 17.1 Å². The Balaban J connectivity index is 3.11. The van der Waals surface area contributed by atoms with Crippen LogP contribution in [0.2, 0.25) is 0 Å². The van der Waals surface area contributed by atoms with Gasteiger partial charge in [-0.1, -0.05) is 20.8 Å². The second-order valence-corrected chi connectivity index (χ2v) is 3.57. The Labute approximate surface area is 71.8 Å². The van der Waals surface area contributed by atoms with E-state index < -0.39 is 0 Å². The molecule has 1 aromatic rings. The van der Waals surface area contributed by atoms with Gasteiger partial charge in [0.2, 0.25) is 0 Å². The first-order valence-electron chi connectivity index (χ1n) is 4.11. The van der Waals surface area contributed by atoms with Gasteiger partial charge in [0.25, 0.3) is 5.56 Å². The molecule has 1 heterocycles. The molecule has 3 heteroatoms. The molecule has 1 N–H and O–H groups in total. The van der Waals surface area contributed by atoms with Gasteiger partial charge in [0, 0.05) is 6.07 Å². The van der Waals surface area contributed by atoms with Crippen LogP contribution in [0.3, 0.4) is 0 Å². The number of rotatable bonds is 2. The molecule has 0 aromatic carbocycles. The smallest absolute Gasteiger partial charge is 0.264 e. The van der Waals surface area contributed by atoms with Crippen LogP contribution >= 0.6 is 0 Å². The zero-order valence-electron chi connectivity index (χ0n) is 7.72.